The third kappa shape index (κ3) is 4.96. The van der Waals surface area contributed by atoms with Crippen molar-refractivity contribution in [2.45, 2.75) is 26.3 Å². The number of nitrogens with one attached hydrogen (secondary N) is 3. The number of fused-ring (bicyclic) bond motifs is 1. The van der Waals surface area contributed by atoms with Crippen LogP contribution in [0.25, 0.3) is 11.0 Å². The Morgan fingerprint density at radius 3 is 2.78 bits per heavy atom. The average Bonchev–Trinajstić information content (AvgIpc) is 3.19. The van der Waals surface area contributed by atoms with Gasteiger partial charge in [-0.3, -0.25) is 0 Å². The number of aromatic amines is 1. The first kappa shape index (κ1) is 19.6. The molecule has 0 aliphatic heterocycles. The van der Waals surface area contributed by atoms with Gasteiger partial charge in [0.25, 0.3) is 0 Å². The van der Waals surface area contributed by atoms with Crippen molar-refractivity contribution < 1.29 is 0 Å². The van der Waals surface area contributed by atoms with Gasteiger partial charge in [-0.05, 0) is 31.5 Å². The lowest BCUT2D eigenvalue weighted by molar-refractivity contribution is 0.724. The van der Waals surface area contributed by atoms with Crippen LogP contribution in [0.1, 0.15) is 24.9 Å². The summed E-state index contributed by atoms with van der Waals surface area (Å²) < 4.78 is 1.85. The summed E-state index contributed by atoms with van der Waals surface area (Å²) in [6, 6.07) is 9.92. The Hall–Kier alpha value is -2.18. The molecular formula is C19H24Cl2N6. The van der Waals surface area contributed by atoms with Crippen LogP contribution in [-0.2, 0) is 20.0 Å². The Bertz CT molecular complexity index is 895. The van der Waals surface area contributed by atoms with Gasteiger partial charge in [0, 0.05) is 32.3 Å². The van der Waals surface area contributed by atoms with E-state index in [-0.39, 0.29) is 0 Å². The number of hydrogen-bond acceptors (Lipinski definition) is 2. The fourth-order valence-electron chi connectivity index (χ4n) is 2.83. The number of hydrogen-bond donors (Lipinski definition) is 3. The van der Waals surface area contributed by atoms with Gasteiger partial charge in [0.15, 0.2) is 5.96 Å². The molecule has 0 spiro atoms. The molecule has 0 unspecified atom stereocenters. The van der Waals surface area contributed by atoms with Crippen molar-refractivity contribution in [2.24, 2.45) is 12.0 Å². The number of benzene rings is 1. The fourth-order valence-corrected chi connectivity index (χ4v) is 3.24. The molecule has 0 saturated heterocycles. The predicted molar refractivity (Wildman–Crippen MR) is 113 cm³/mol. The van der Waals surface area contributed by atoms with E-state index in [0.717, 1.165) is 54.4 Å². The molecule has 0 saturated carbocycles. The summed E-state index contributed by atoms with van der Waals surface area (Å²) in [5, 5.41) is 7.69. The zero-order valence-corrected chi connectivity index (χ0v) is 17.0. The number of aryl methyl sites for hydroxylation is 1. The second-order valence-corrected chi connectivity index (χ2v) is 7.02. The largest absolute Gasteiger partial charge is 0.357 e. The topological polar surface area (TPSA) is 70.0 Å². The second-order valence-electron chi connectivity index (χ2n) is 6.26. The van der Waals surface area contributed by atoms with Gasteiger partial charge in [0.1, 0.15) is 11.0 Å². The van der Waals surface area contributed by atoms with E-state index in [2.05, 4.69) is 25.6 Å². The zero-order valence-electron chi connectivity index (χ0n) is 15.5. The first-order chi connectivity index (χ1) is 13.1. The van der Waals surface area contributed by atoms with E-state index in [9.17, 15) is 0 Å². The summed E-state index contributed by atoms with van der Waals surface area (Å²) in [7, 11) is 1.88. The number of nitrogens with zero attached hydrogens (tertiary/aromatic N) is 3. The molecule has 3 N–H and O–H groups in total. The van der Waals surface area contributed by atoms with Crippen molar-refractivity contribution in [1.82, 2.24) is 25.2 Å². The lowest BCUT2D eigenvalue weighted by Gasteiger charge is -2.11. The van der Waals surface area contributed by atoms with Crippen LogP contribution in [-0.4, -0.2) is 33.6 Å². The molecule has 0 aliphatic rings. The molecule has 27 heavy (non-hydrogen) atoms. The Kier molecular flexibility index (Phi) is 6.63. The minimum atomic E-state index is 0.502. The molecule has 0 atom stereocenters. The molecule has 0 amide bonds. The molecule has 6 nitrogen and oxygen atoms in total. The Labute approximate surface area is 169 Å². The van der Waals surface area contributed by atoms with Crippen LogP contribution in [0.15, 0.2) is 35.3 Å². The van der Waals surface area contributed by atoms with Crippen molar-refractivity contribution in [1.29, 1.82) is 0 Å². The van der Waals surface area contributed by atoms with Crippen molar-refractivity contribution >= 4 is 40.2 Å². The Morgan fingerprint density at radius 1 is 1.26 bits per heavy atom. The van der Waals surface area contributed by atoms with Gasteiger partial charge in [-0.2, -0.15) is 0 Å². The molecule has 2 heterocycles. The fraction of sp³-hybridized carbons (Fsp3) is 0.368. The van der Waals surface area contributed by atoms with Crippen LogP contribution >= 0.6 is 23.2 Å². The maximum atomic E-state index is 6.11. The van der Waals surface area contributed by atoms with Crippen LogP contribution in [0, 0.1) is 0 Å². The molecule has 8 heteroatoms. The number of halogens is 2. The minimum absolute atomic E-state index is 0.502. The summed E-state index contributed by atoms with van der Waals surface area (Å²) in [6.07, 6.45) is 1.83. The summed E-state index contributed by atoms with van der Waals surface area (Å²) in [4.78, 5) is 12.6. The van der Waals surface area contributed by atoms with Crippen LogP contribution in [0.3, 0.4) is 0 Å². The number of aromatic nitrogens is 3. The number of guanidine groups is 1. The molecular weight excluding hydrogens is 383 g/mol. The van der Waals surface area contributed by atoms with Crippen LogP contribution in [0.4, 0.5) is 0 Å². The Morgan fingerprint density at radius 2 is 2.07 bits per heavy atom. The Balaban J connectivity index is 1.52. The highest BCUT2D eigenvalue weighted by Gasteiger charge is 2.08. The standard InChI is InChI=1S/C19H24Cl2N6/c1-3-22-19(24-12-13-11-14(20)18(21)27(13)2)23-10-6-9-17-25-15-7-4-5-8-16(15)26-17/h4-5,7-8,11H,3,6,9-10,12H2,1-2H3,(H,25,26)(H2,22,23,24). The van der Waals surface area contributed by atoms with E-state index in [1.807, 2.05) is 48.9 Å². The molecule has 3 aromatic rings. The van der Waals surface area contributed by atoms with Gasteiger partial charge < -0.3 is 20.2 Å². The van der Waals surface area contributed by atoms with E-state index in [4.69, 9.17) is 23.2 Å². The smallest absolute Gasteiger partial charge is 0.191 e. The zero-order chi connectivity index (χ0) is 19.2. The van der Waals surface area contributed by atoms with Gasteiger partial charge >= 0.3 is 0 Å². The average molecular weight is 407 g/mol. The van der Waals surface area contributed by atoms with Gasteiger partial charge in [0.2, 0.25) is 0 Å². The summed E-state index contributed by atoms with van der Waals surface area (Å²) >= 11 is 12.2. The van der Waals surface area contributed by atoms with E-state index in [1.165, 1.54) is 0 Å². The first-order valence-electron chi connectivity index (χ1n) is 9.04. The highest BCUT2D eigenvalue weighted by molar-refractivity contribution is 6.41. The van der Waals surface area contributed by atoms with Crippen molar-refractivity contribution in [3.8, 4) is 0 Å². The van der Waals surface area contributed by atoms with Gasteiger partial charge in [0.05, 0.1) is 22.6 Å². The van der Waals surface area contributed by atoms with E-state index in [0.29, 0.717) is 16.7 Å². The molecule has 2 aromatic heterocycles. The van der Waals surface area contributed by atoms with Crippen molar-refractivity contribution in [3.05, 3.63) is 52.0 Å². The molecule has 0 fully saturated rings. The predicted octanol–water partition coefficient (Wildman–Crippen LogP) is 3.90. The molecule has 0 bridgehead atoms. The van der Waals surface area contributed by atoms with E-state index < -0.39 is 0 Å². The van der Waals surface area contributed by atoms with E-state index in [1.54, 1.807) is 0 Å². The third-order valence-electron chi connectivity index (χ3n) is 4.28. The minimum Gasteiger partial charge on any atom is -0.357 e. The summed E-state index contributed by atoms with van der Waals surface area (Å²) in [5.74, 6) is 1.78. The third-order valence-corrected chi connectivity index (χ3v) is 5.12. The van der Waals surface area contributed by atoms with E-state index >= 15 is 0 Å². The maximum absolute atomic E-state index is 6.11. The first-order valence-corrected chi connectivity index (χ1v) is 9.79. The molecule has 0 radical (unpaired) electrons. The second kappa shape index (κ2) is 9.15. The SMILES string of the molecule is CCNC(=NCc1cc(Cl)c(Cl)n1C)NCCCc1nc2ccccc2[nH]1. The number of H-pyrrole nitrogens is 1. The summed E-state index contributed by atoms with van der Waals surface area (Å²) in [6.45, 7) is 4.14. The molecule has 1 aromatic carbocycles. The normalized spacial score (nSPS) is 11.9. The van der Waals surface area contributed by atoms with Crippen LogP contribution in [0.2, 0.25) is 10.2 Å². The molecule has 0 aliphatic carbocycles. The lowest BCUT2D eigenvalue weighted by atomic mass is 10.3. The highest BCUT2D eigenvalue weighted by atomic mass is 35.5. The summed E-state index contributed by atoms with van der Waals surface area (Å²) in [5.41, 5.74) is 3.05. The van der Waals surface area contributed by atoms with Crippen molar-refractivity contribution in [3.63, 3.8) is 0 Å². The van der Waals surface area contributed by atoms with Crippen LogP contribution < -0.4 is 10.6 Å². The number of aliphatic imine (C=N–C) groups is 1. The van der Waals surface area contributed by atoms with Crippen molar-refractivity contribution in [2.75, 3.05) is 13.1 Å². The number of para-hydroxylation sites is 2. The van der Waals surface area contributed by atoms with Gasteiger partial charge in [-0.25, -0.2) is 9.98 Å². The van der Waals surface area contributed by atoms with Crippen LogP contribution in [0.5, 0.6) is 0 Å². The monoisotopic (exact) mass is 406 g/mol. The number of imidazole rings is 1. The lowest BCUT2D eigenvalue weighted by Crippen LogP contribution is -2.37. The van der Waals surface area contributed by atoms with Gasteiger partial charge in [-0.15, -0.1) is 0 Å². The molecule has 3 rings (SSSR count). The molecule has 144 valence electrons. The highest BCUT2D eigenvalue weighted by Crippen LogP contribution is 2.25. The van der Waals surface area contributed by atoms with Gasteiger partial charge in [-0.1, -0.05) is 35.3 Å². The number of rotatable bonds is 7. The quantitative estimate of drug-likeness (QED) is 0.316. The maximum Gasteiger partial charge on any atom is 0.191 e.